The van der Waals surface area contributed by atoms with E-state index in [1.807, 2.05) is 6.92 Å². The van der Waals surface area contributed by atoms with E-state index in [9.17, 15) is 19.2 Å². The van der Waals surface area contributed by atoms with Crippen LogP contribution < -0.4 is 19.2 Å². The Balaban J connectivity index is 1.55. The number of aromatic nitrogens is 1. The number of nitrogens with one attached hydrogen (secondary N) is 1. The van der Waals surface area contributed by atoms with E-state index in [2.05, 4.69) is 4.98 Å². The third kappa shape index (κ3) is 4.81. The summed E-state index contributed by atoms with van der Waals surface area (Å²) in [7, 11) is 0. The quantitative estimate of drug-likeness (QED) is 0.314. The number of nitrogens with zero attached hydrogens (tertiary/aromatic N) is 1. The zero-order valence-corrected chi connectivity index (χ0v) is 22.8. The summed E-state index contributed by atoms with van der Waals surface area (Å²) in [5.41, 5.74) is 1.12. The number of fused-ring (bicyclic) bond motifs is 2. The van der Waals surface area contributed by atoms with Crippen molar-refractivity contribution in [1.82, 2.24) is 4.98 Å². The van der Waals surface area contributed by atoms with Gasteiger partial charge in [0, 0.05) is 15.8 Å². The van der Waals surface area contributed by atoms with Crippen LogP contribution in [0.1, 0.15) is 30.2 Å². The van der Waals surface area contributed by atoms with Crippen molar-refractivity contribution in [3.8, 4) is 11.5 Å². The molecule has 0 saturated carbocycles. The van der Waals surface area contributed by atoms with Crippen molar-refractivity contribution in [2.24, 2.45) is 5.92 Å². The lowest BCUT2D eigenvalue weighted by molar-refractivity contribution is -0.145. The monoisotopic (exact) mass is 574 g/mol. The van der Waals surface area contributed by atoms with Crippen LogP contribution in [0.3, 0.4) is 0 Å². The minimum absolute atomic E-state index is 0.239. The number of hydrogen-bond donors (Lipinski definition) is 1. The molecule has 1 fully saturated rings. The van der Waals surface area contributed by atoms with Gasteiger partial charge in [0.15, 0.2) is 18.1 Å². The minimum Gasteiger partial charge on any atom is -0.490 e. The molecule has 2 aliphatic heterocycles. The molecule has 12 heteroatoms. The van der Waals surface area contributed by atoms with Gasteiger partial charge in [-0.15, -0.1) is 0 Å². The number of rotatable bonds is 8. The predicted octanol–water partition coefficient (Wildman–Crippen LogP) is 4.23. The lowest BCUT2D eigenvalue weighted by Gasteiger charge is -2.30. The molecule has 1 aromatic heterocycles. The average molecular weight is 575 g/mol. The summed E-state index contributed by atoms with van der Waals surface area (Å²) in [6.07, 6.45) is 0. The minimum atomic E-state index is -0.747. The first-order chi connectivity index (χ1) is 18.3. The van der Waals surface area contributed by atoms with Gasteiger partial charge in [0.1, 0.15) is 5.25 Å². The largest absolute Gasteiger partial charge is 0.490 e. The normalized spacial score (nSPS) is 20.2. The Morgan fingerprint density at radius 2 is 1.76 bits per heavy atom. The number of amides is 2. The van der Waals surface area contributed by atoms with Crippen LogP contribution in [0.25, 0.3) is 0 Å². The number of benzene rings is 2. The lowest BCUT2D eigenvalue weighted by atomic mass is 9.83. The van der Waals surface area contributed by atoms with E-state index in [0.29, 0.717) is 44.3 Å². The van der Waals surface area contributed by atoms with Crippen molar-refractivity contribution in [3.05, 3.63) is 67.6 Å². The van der Waals surface area contributed by atoms with Gasteiger partial charge in [0.2, 0.25) is 11.8 Å². The molecule has 5 rings (SSSR count). The van der Waals surface area contributed by atoms with Crippen molar-refractivity contribution >= 4 is 58.2 Å². The number of carbonyl (C=O) groups excluding carboxylic acids is 3. The first kappa shape index (κ1) is 26.3. The first-order valence-corrected chi connectivity index (χ1v) is 14.0. The number of halogens is 1. The van der Waals surface area contributed by atoms with Gasteiger partial charge in [-0.25, -0.2) is 9.69 Å². The molecule has 2 aliphatic rings. The zero-order valence-electron chi connectivity index (χ0n) is 20.4. The van der Waals surface area contributed by atoms with Crippen LogP contribution in [0.4, 0.5) is 5.69 Å². The second kappa shape index (κ2) is 10.8. The molecule has 3 aromatic rings. The standard InChI is InChI=1S/C26H23ClN2O7S2/c1-3-34-17-11-13(5-10-16(17)36-12-18(30)35-4-2)19-20-22(37-23-21(19)38-26(33)28-23)25(32)29(24(20)31)15-8-6-14(27)7-9-15/h5-11,19-20,22H,3-4,12H2,1-2H3,(H,28,33)/t19-,20-,22+/m0/s1. The van der Waals surface area contributed by atoms with Crippen LogP contribution in [0, 0.1) is 5.92 Å². The Labute approximate surface area is 231 Å². The molecular formula is C26H23ClN2O7S2. The number of carbonyl (C=O) groups is 3. The molecule has 1 N–H and O–H groups in total. The highest BCUT2D eigenvalue weighted by atomic mass is 35.5. The van der Waals surface area contributed by atoms with E-state index < -0.39 is 23.1 Å². The van der Waals surface area contributed by atoms with Gasteiger partial charge in [-0.1, -0.05) is 40.8 Å². The van der Waals surface area contributed by atoms with Gasteiger partial charge < -0.3 is 19.2 Å². The first-order valence-electron chi connectivity index (χ1n) is 11.9. The number of hydrogen-bond acceptors (Lipinski definition) is 9. The Kier molecular flexibility index (Phi) is 7.51. The molecule has 3 heterocycles. The number of aromatic amines is 1. The Morgan fingerprint density at radius 1 is 1.00 bits per heavy atom. The summed E-state index contributed by atoms with van der Waals surface area (Å²) in [6, 6.07) is 11.7. The van der Waals surface area contributed by atoms with E-state index in [-0.39, 0.29) is 29.9 Å². The number of esters is 1. The van der Waals surface area contributed by atoms with Crippen molar-refractivity contribution < 1.29 is 28.6 Å². The summed E-state index contributed by atoms with van der Waals surface area (Å²) in [4.78, 5) is 55.9. The highest BCUT2D eigenvalue weighted by Gasteiger charge is 2.56. The molecule has 2 amide bonds. The van der Waals surface area contributed by atoms with Gasteiger partial charge in [-0.3, -0.25) is 14.4 Å². The van der Waals surface area contributed by atoms with Crippen LogP contribution in [-0.4, -0.2) is 47.8 Å². The van der Waals surface area contributed by atoms with Crippen LogP contribution in [0.5, 0.6) is 11.5 Å². The second-order valence-corrected chi connectivity index (χ2v) is 11.1. The van der Waals surface area contributed by atoms with Crippen LogP contribution in [0.15, 0.2) is 52.3 Å². The van der Waals surface area contributed by atoms with Gasteiger partial charge in [-0.05, 0) is 55.8 Å². The van der Waals surface area contributed by atoms with E-state index in [1.165, 1.54) is 16.7 Å². The Hall–Kier alpha value is -3.28. The molecule has 1 saturated heterocycles. The van der Waals surface area contributed by atoms with Gasteiger partial charge >= 0.3 is 10.8 Å². The number of thiazole rings is 1. The molecule has 3 atom stereocenters. The Bertz CT molecular complexity index is 1450. The molecule has 0 aliphatic carbocycles. The highest BCUT2D eigenvalue weighted by molar-refractivity contribution is 8.00. The van der Waals surface area contributed by atoms with E-state index >= 15 is 0 Å². The summed E-state index contributed by atoms with van der Waals surface area (Å²) >= 11 is 8.24. The zero-order chi connectivity index (χ0) is 27.0. The van der Waals surface area contributed by atoms with Gasteiger partial charge in [0.25, 0.3) is 0 Å². The second-order valence-electron chi connectivity index (χ2n) is 8.47. The number of ether oxygens (including phenoxy) is 3. The van der Waals surface area contributed by atoms with E-state index in [4.69, 9.17) is 25.8 Å². The van der Waals surface area contributed by atoms with Crippen molar-refractivity contribution in [1.29, 1.82) is 0 Å². The number of thioether (sulfide) groups is 1. The maximum absolute atomic E-state index is 13.8. The van der Waals surface area contributed by atoms with Crippen LogP contribution in [-0.2, 0) is 19.1 Å². The van der Waals surface area contributed by atoms with Gasteiger partial charge in [0.05, 0.1) is 29.8 Å². The molecule has 2 aromatic carbocycles. The number of H-pyrrole nitrogens is 1. The third-order valence-corrected chi connectivity index (χ3v) is 8.84. The van der Waals surface area contributed by atoms with Crippen molar-refractivity contribution in [2.45, 2.75) is 30.0 Å². The van der Waals surface area contributed by atoms with Crippen LogP contribution >= 0.6 is 34.7 Å². The molecule has 38 heavy (non-hydrogen) atoms. The summed E-state index contributed by atoms with van der Waals surface area (Å²) < 4.78 is 16.3. The topological polar surface area (TPSA) is 115 Å². The molecule has 0 radical (unpaired) electrons. The lowest BCUT2D eigenvalue weighted by Crippen LogP contribution is -2.32. The predicted molar refractivity (Wildman–Crippen MR) is 144 cm³/mol. The average Bonchev–Trinajstić information content (AvgIpc) is 3.38. The van der Waals surface area contributed by atoms with Crippen molar-refractivity contribution in [2.75, 3.05) is 24.7 Å². The Morgan fingerprint density at radius 3 is 2.47 bits per heavy atom. The summed E-state index contributed by atoms with van der Waals surface area (Å²) in [6.45, 7) is 3.80. The molecule has 0 unspecified atom stereocenters. The summed E-state index contributed by atoms with van der Waals surface area (Å²) in [5.74, 6) is -1.83. The summed E-state index contributed by atoms with van der Waals surface area (Å²) in [5, 5.41) is 0.341. The van der Waals surface area contributed by atoms with Gasteiger partial charge in [-0.2, -0.15) is 0 Å². The maximum atomic E-state index is 13.8. The molecule has 0 spiro atoms. The maximum Gasteiger partial charge on any atom is 0.344 e. The third-order valence-electron chi connectivity index (χ3n) is 6.19. The smallest absolute Gasteiger partial charge is 0.344 e. The highest BCUT2D eigenvalue weighted by Crippen LogP contribution is 2.53. The fraction of sp³-hybridized carbons (Fsp3) is 0.308. The van der Waals surface area contributed by atoms with Crippen molar-refractivity contribution in [3.63, 3.8) is 0 Å². The SMILES string of the molecule is CCOC(=O)COc1ccc([C@@H]2c3sc(=O)[nH]c3S[C@H]3C(=O)N(c4ccc(Cl)cc4)C(=O)[C@@H]23)cc1OCC. The van der Waals surface area contributed by atoms with Crippen LogP contribution in [0.2, 0.25) is 5.02 Å². The van der Waals surface area contributed by atoms with E-state index in [0.717, 1.165) is 11.3 Å². The number of anilines is 1. The molecular weight excluding hydrogens is 552 g/mol. The molecule has 9 nitrogen and oxygen atoms in total. The molecule has 198 valence electrons. The fourth-order valence-corrected chi connectivity index (χ4v) is 7.31. The molecule has 0 bridgehead atoms. The number of imide groups is 1. The van der Waals surface area contributed by atoms with E-state index in [1.54, 1.807) is 49.4 Å². The fourth-order valence-electron chi connectivity index (χ4n) is 4.67.